The molecule has 7 nitrogen and oxygen atoms in total. The number of aromatic nitrogens is 1. The zero-order valence-electron chi connectivity index (χ0n) is 20.7. The largest absolute Gasteiger partial charge is 0.493 e. The van der Waals surface area contributed by atoms with Crippen molar-refractivity contribution in [2.45, 2.75) is 17.6 Å². The molecule has 1 atom stereocenters. The van der Waals surface area contributed by atoms with Gasteiger partial charge >= 0.3 is 0 Å². The lowest BCUT2D eigenvalue weighted by Crippen LogP contribution is -2.43. The van der Waals surface area contributed by atoms with Crippen LogP contribution in [0.3, 0.4) is 0 Å². The van der Waals surface area contributed by atoms with Gasteiger partial charge < -0.3 is 19.4 Å². The molecule has 37 heavy (non-hydrogen) atoms. The van der Waals surface area contributed by atoms with Crippen molar-refractivity contribution >= 4 is 40.2 Å². The Morgan fingerprint density at radius 2 is 1.78 bits per heavy atom. The van der Waals surface area contributed by atoms with Gasteiger partial charge in [0.1, 0.15) is 11.9 Å². The third-order valence-electron chi connectivity index (χ3n) is 6.50. The van der Waals surface area contributed by atoms with Crippen molar-refractivity contribution in [3.63, 3.8) is 0 Å². The van der Waals surface area contributed by atoms with Gasteiger partial charge in [-0.25, -0.2) is 4.39 Å². The molecule has 0 bridgehead atoms. The second-order valence-corrected chi connectivity index (χ2v) is 9.60. The summed E-state index contributed by atoms with van der Waals surface area (Å²) in [4.78, 5) is 29.1. The summed E-state index contributed by atoms with van der Waals surface area (Å²) in [5, 5.41) is 4.73. The molecule has 190 valence electrons. The Balaban J connectivity index is 1.64. The number of thioether (sulfide) groups is 1. The van der Waals surface area contributed by atoms with Gasteiger partial charge in [-0.2, -0.15) is 0 Å². The van der Waals surface area contributed by atoms with Gasteiger partial charge in [0.25, 0.3) is 0 Å². The zero-order valence-corrected chi connectivity index (χ0v) is 21.5. The molecular weight excluding hydrogens is 493 g/mol. The van der Waals surface area contributed by atoms with E-state index in [-0.39, 0.29) is 29.9 Å². The van der Waals surface area contributed by atoms with E-state index in [0.29, 0.717) is 17.2 Å². The number of hydrogen-bond donors (Lipinski definition) is 1. The number of halogens is 1. The van der Waals surface area contributed by atoms with Crippen LogP contribution in [-0.2, 0) is 23.2 Å². The van der Waals surface area contributed by atoms with Gasteiger partial charge in [-0.3, -0.25) is 14.5 Å². The first kappa shape index (κ1) is 24.7. The summed E-state index contributed by atoms with van der Waals surface area (Å²) in [6.45, 7) is 0.191. The standard InChI is InChI=1S/C28H26FN3O4S/c1-31-21-7-5-4-6-20(21)25-26(27(34)30-15-17-8-10-18(29)11-9-17)32(24(33)16-37-28(25)31)19-12-13-22(35-2)23(14-19)36-3/h4-14,26H,15-16H2,1-3H3,(H,30,34). The molecule has 5 rings (SSSR count). The number of carbonyl (C=O) groups excluding carboxylic acids is 2. The molecule has 1 N–H and O–H groups in total. The molecule has 0 radical (unpaired) electrons. The minimum atomic E-state index is -0.942. The van der Waals surface area contributed by atoms with Crippen LogP contribution in [0.4, 0.5) is 10.1 Å². The first-order valence-electron chi connectivity index (χ1n) is 11.7. The maximum atomic E-state index is 14.0. The second-order valence-electron chi connectivity index (χ2n) is 8.63. The number of amides is 2. The van der Waals surface area contributed by atoms with Crippen LogP contribution in [0, 0.1) is 5.82 Å². The summed E-state index contributed by atoms with van der Waals surface area (Å²) >= 11 is 1.42. The van der Waals surface area contributed by atoms with Crippen LogP contribution < -0.4 is 19.7 Å². The Bertz CT molecular complexity index is 1490. The topological polar surface area (TPSA) is 72.8 Å². The van der Waals surface area contributed by atoms with E-state index < -0.39 is 6.04 Å². The van der Waals surface area contributed by atoms with Crippen LogP contribution in [0.15, 0.2) is 71.8 Å². The minimum absolute atomic E-state index is 0.160. The second kappa shape index (κ2) is 10.2. The van der Waals surface area contributed by atoms with Gasteiger partial charge in [0.2, 0.25) is 11.8 Å². The molecule has 4 aromatic rings. The van der Waals surface area contributed by atoms with Crippen molar-refractivity contribution in [1.29, 1.82) is 0 Å². The number of nitrogens with one attached hydrogen (secondary N) is 1. The van der Waals surface area contributed by atoms with E-state index in [1.807, 2.05) is 35.9 Å². The molecule has 0 spiro atoms. The molecule has 1 unspecified atom stereocenters. The number of nitrogens with zero attached hydrogens (tertiary/aromatic N) is 2. The highest BCUT2D eigenvalue weighted by Gasteiger charge is 2.40. The van der Waals surface area contributed by atoms with Crippen LogP contribution >= 0.6 is 11.8 Å². The van der Waals surface area contributed by atoms with Gasteiger partial charge in [-0.1, -0.05) is 42.1 Å². The normalized spacial score (nSPS) is 15.3. The van der Waals surface area contributed by atoms with E-state index in [1.165, 1.54) is 35.9 Å². The molecule has 1 aliphatic heterocycles. The number of methoxy groups -OCH3 is 2. The van der Waals surface area contributed by atoms with Gasteiger partial charge in [0.15, 0.2) is 11.5 Å². The average molecular weight is 520 g/mol. The van der Waals surface area contributed by atoms with Crippen molar-refractivity contribution in [2.75, 3.05) is 24.9 Å². The van der Waals surface area contributed by atoms with Crippen LogP contribution in [-0.4, -0.2) is 36.4 Å². The molecule has 2 amide bonds. The van der Waals surface area contributed by atoms with E-state index in [2.05, 4.69) is 5.32 Å². The van der Waals surface area contributed by atoms with Crippen LogP contribution in [0.1, 0.15) is 17.2 Å². The lowest BCUT2D eigenvalue weighted by molar-refractivity contribution is -0.125. The van der Waals surface area contributed by atoms with Gasteiger partial charge in [-0.05, 0) is 35.9 Å². The van der Waals surface area contributed by atoms with E-state index in [1.54, 1.807) is 37.4 Å². The molecule has 0 saturated carbocycles. The highest BCUT2D eigenvalue weighted by atomic mass is 32.2. The Kier molecular flexibility index (Phi) is 6.80. The predicted molar refractivity (Wildman–Crippen MR) is 142 cm³/mol. The first-order valence-corrected chi connectivity index (χ1v) is 12.7. The van der Waals surface area contributed by atoms with E-state index in [4.69, 9.17) is 9.47 Å². The van der Waals surface area contributed by atoms with Crippen molar-refractivity contribution in [1.82, 2.24) is 9.88 Å². The lowest BCUT2D eigenvalue weighted by Gasteiger charge is -2.30. The van der Waals surface area contributed by atoms with Crippen molar-refractivity contribution in [3.05, 3.63) is 83.7 Å². The maximum absolute atomic E-state index is 14.0. The third-order valence-corrected chi connectivity index (χ3v) is 7.66. The van der Waals surface area contributed by atoms with Crippen LogP contribution in [0.5, 0.6) is 11.5 Å². The number of para-hydroxylation sites is 1. The number of aryl methyl sites for hydroxylation is 1. The van der Waals surface area contributed by atoms with Crippen molar-refractivity contribution in [3.8, 4) is 11.5 Å². The number of ether oxygens (including phenoxy) is 2. The fourth-order valence-corrected chi connectivity index (χ4v) is 5.78. The summed E-state index contributed by atoms with van der Waals surface area (Å²) in [5.74, 6) is 0.237. The Morgan fingerprint density at radius 3 is 2.51 bits per heavy atom. The van der Waals surface area contributed by atoms with E-state index in [0.717, 1.165) is 27.1 Å². The maximum Gasteiger partial charge on any atom is 0.248 e. The molecule has 9 heteroatoms. The summed E-state index contributed by atoms with van der Waals surface area (Å²) in [6.07, 6.45) is 0. The number of fused-ring (bicyclic) bond motifs is 3. The fourth-order valence-electron chi connectivity index (χ4n) is 4.71. The Labute approximate surface area is 218 Å². The van der Waals surface area contributed by atoms with Gasteiger partial charge in [-0.15, -0.1) is 0 Å². The molecule has 0 fully saturated rings. The molecule has 1 aromatic heterocycles. The molecular formula is C28H26FN3O4S. The van der Waals surface area contributed by atoms with Crippen molar-refractivity contribution < 1.29 is 23.5 Å². The van der Waals surface area contributed by atoms with Gasteiger partial charge in [0, 0.05) is 41.8 Å². The fraction of sp³-hybridized carbons (Fsp3) is 0.214. The molecule has 2 heterocycles. The molecule has 0 aliphatic carbocycles. The monoisotopic (exact) mass is 519 g/mol. The lowest BCUT2D eigenvalue weighted by atomic mass is 10.0. The molecule has 3 aromatic carbocycles. The SMILES string of the molecule is COc1ccc(N2C(=O)CSc3c(c4ccccc4n3C)C2C(=O)NCc2ccc(F)cc2)cc1OC. The van der Waals surface area contributed by atoms with E-state index >= 15 is 0 Å². The number of benzene rings is 3. The number of rotatable bonds is 6. The number of carbonyl (C=O) groups is 2. The van der Waals surface area contributed by atoms with Crippen LogP contribution in [0.2, 0.25) is 0 Å². The zero-order chi connectivity index (χ0) is 26.1. The smallest absolute Gasteiger partial charge is 0.248 e. The minimum Gasteiger partial charge on any atom is -0.493 e. The highest BCUT2D eigenvalue weighted by molar-refractivity contribution is 8.00. The molecule has 1 aliphatic rings. The quantitative estimate of drug-likeness (QED) is 0.395. The Morgan fingerprint density at radius 1 is 1.05 bits per heavy atom. The third kappa shape index (κ3) is 4.51. The van der Waals surface area contributed by atoms with Gasteiger partial charge in [0.05, 0.1) is 25.0 Å². The predicted octanol–water partition coefficient (Wildman–Crippen LogP) is 4.83. The summed E-state index contributed by atoms with van der Waals surface area (Å²) < 4.78 is 26.3. The van der Waals surface area contributed by atoms with Crippen molar-refractivity contribution in [2.24, 2.45) is 7.05 Å². The average Bonchev–Trinajstić information content (AvgIpc) is 3.09. The first-order chi connectivity index (χ1) is 17.9. The number of anilines is 1. The van der Waals surface area contributed by atoms with Crippen LogP contribution in [0.25, 0.3) is 10.9 Å². The Hall–Kier alpha value is -3.98. The summed E-state index contributed by atoms with van der Waals surface area (Å²) in [7, 11) is 5.01. The summed E-state index contributed by atoms with van der Waals surface area (Å²) in [6, 6.07) is 18.0. The highest BCUT2D eigenvalue weighted by Crippen LogP contribution is 2.44. The van der Waals surface area contributed by atoms with E-state index in [9.17, 15) is 14.0 Å². The molecule has 0 saturated heterocycles. The number of hydrogen-bond acceptors (Lipinski definition) is 5. The summed E-state index contributed by atoms with van der Waals surface area (Å²) in [5.41, 5.74) is 3.00.